The minimum Gasteiger partial charge on any atom is -0.494 e. The van der Waals surface area contributed by atoms with Crippen molar-refractivity contribution in [3.05, 3.63) is 94.5 Å². The normalized spacial score (nSPS) is 25.8. The number of amidine groups is 1. The predicted octanol–water partition coefficient (Wildman–Crippen LogP) is 11.2. The largest absolute Gasteiger partial charge is 0.494 e. The van der Waals surface area contributed by atoms with Crippen LogP contribution in [0.4, 0.5) is 10.9 Å². The molecular formula is C65H81N11O8S. The number of carboxylic acid groups (broad SMARTS) is 1. The third-order valence-corrected chi connectivity index (χ3v) is 19.7. The number of thiazole rings is 1. The van der Waals surface area contributed by atoms with E-state index in [-0.39, 0.29) is 51.5 Å². The number of hydrazone groups is 1. The van der Waals surface area contributed by atoms with Crippen LogP contribution in [0.3, 0.4) is 0 Å². The molecule has 6 fully saturated rings. The van der Waals surface area contributed by atoms with Crippen LogP contribution in [-0.2, 0) is 20.9 Å². The summed E-state index contributed by atoms with van der Waals surface area (Å²) < 4.78 is 16.3. The van der Waals surface area contributed by atoms with Gasteiger partial charge in [0.1, 0.15) is 17.6 Å². The summed E-state index contributed by atoms with van der Waals surface area (Å²) in [6.45, 7) is 13.5. The van der Waals surface area contributed by atoms with Gasteiger partial charge in [-0.05, 0) is 162 Å². The molecule has 5 aromatic rings. The van der Waals surface area contributed by atoms with E-state index in [1.165, 1.54) is 56.3 Å². The molecule has 450 valence electrons. The number of benzene rings is 2. The van der Waals surface area contributed by atoms with Crippen molar-refractivity contribution in [2.45, 2.75) is 168 Å². The second-order valence-electron chi connectivity index (χ2n) is 26.0. The van der Waals surface area contributed by atoms with Crippen LogP contribution in [0.5, 0.6) is 5.75 Å². The number of hydrogen-bond acceptors (Lipinski definition) is 15. The van der Waals surface area contributed by atoms with Crippen LogP contribution >= 0.6 is 11.3 Å². The molecular weight excluding hydrogens is 1090 g/mol. The van der Waals surface area contributed by atoms with Gasteiger partial charge >= 0.3 is 5.97 Å². The van der Waals surface area contributed by atoms with Crippen molar-refractivity contribution in [2.24, 2.45) is 32.2 Å². The number of pyridine rings is 1. The number of fused-ring (bicyclic) bond motifs is 2. The number of amides is 4. The monoisotopic (exact) mass is 1180 g/mol. The van der Waals surface area contributed by atoms with Gasteiger partial charge in [-0.3, -0.25) is 34.1 Å². The van der Waals surface area contributed by atoms with Crippen molar-refractivity contribution in [1.82, 2.24) is 34.9 Å². The number of aromatic carboxylic acids is 1. The molecule has 3 aliphatic heterocycles. The van der Waals surface area contributed by atoms with E-state index in [1.807, 2.05) is 54.4 Å². The number of aromatic nitrogens is 4. The van der Waals surface area contributed by atoms with Gasteiger partial charge < -0.3 is 30.2 Å². The molecule has 19 nitrogen and oxygen atoms in total. The quantitative estimate of drug-likeness (QED) is 0.0162. The molecule has 6 heterocycles. The summed E-state index contributed by atoms with van der Waals surface area (Å²) >= 11 is 1.53. The fourth-order valence-electron chi connectivity index (χ4n) is 16.0. The van der Waals surface area contributed by atoms with Gasteiger partial charge in [0.2, 0.25) is 16.9 Å². The lowest BCUT2D eigenvalue weighted by molar-refractivity contribution is -0.248. The molecule has 4 saturated carbocycles. The van der Waals surface area contributed by atoms with Gasteiger partial charge in [-0.15, -0.1) is 0 Å². The fraction of sp³-hybridized carbons (Fsp3) is 0.538. The van der Waals surface area contributed by atoms with Crippen LogP contribution < -0.4 is 20.8 Å². The number of carbonyl (C=O) groups is 5. The van der Waals surface area contributed by atoms with Crippen LogP contribution in [0.25, 0.3) is 21.3 Å². The Morgan fingerprint density at radius 1 is 0.847 bits per heavy atom. The highest BCUT2D eigenvalue weighted by Crippen LogP contribution is 2.72. The van der Waals surface area contributed by atoms with Gasteiger partial charge in [0.05, 0.1) is 46.4 Å². The molecule has 0 radical (unpaired) electrons. The first-order valence-electron chi connectivity index (χ1n) is 30.6. The maximum Gasteiger partial charge on any atom is 0.355 e. The Morgan fingerprint density at radius 2 is 1.56 bits per heavy atom. The average Bonchev–Trinajstić information content (AvgIpc) is 1.84. The lowest BCUT2D eigenvalue weighted by atomic mass is 9.39. The summed E-state index contributed by atoms with van der Waals surface area (Å²) in [5, 5.41) is 22.8. The molecule has 20 heteroatoms. The lowest BCUT2D eigenvalue weighted by Gasteiger charge is -2.69. The van der Waals surface area contributed by atoms with Gasteiger partial charge in [-0.25, -0.2) is 19.8 Å². The van der Waals surface area contributed by atoms with Crippen molar-refractivity contribution in [2.75, 3.05) is 44.8 Å². The van der Waals surface area contributed by atoms with E-state index < -0.39 is 35.6 Å². The molecule has 7 aliphatic rings. The third kappa shape index (κ3) is 12.7. The number of carboxylic acids is 1. The highest BCUT2D eigenvalue weighted by atomic mass is 32.1. The van der Waals surface area contributed by atoms with Crippen molar-refractivity contribution in [3.8, 4) is 16.9 Å². The molecule has 3 aromatic heterocycles. The van der Waals surface area contributed by atoms with Gasteiger partial charge in [0.25, 0.3) is 11.8 Å². The minimum atomic E-state index is -1.11. The molecule has 2 saturated heterocycles. The Morgan fingerprint density at radius 3 is 2.29 bits per heavy atom. The Balaban J connectivity index is 0.617. The molecule has 4 bridgehead atoms. The number of allylic oxidation sites excluding steroid dienone is 1. The number of nitrogens with zero attached hydrogens (tertiary/aromatic N) is 9. The molecule has 2 aromatic carbocycles. The zero-order chi connectivity index (χ0) is 59.7. The summed E-state index contributed by atoms with van der Waals surface area (Å²) in [7, 11) is 2.22. The van der Waals surface area contributed by atoms with Crippen molar-refractivity contribution >= 4 is 74.2 Å². The van der Waals surface area contributed by atoms with Gasteiger partial charge in [-0.1, -0.05) is 82.3 Å². The number of nitrogens with one attached hydrogen (secondary N) is 1. The lowest BCUT2D eigenvalue weighted by Crippen LogP contribution is -2.64. The van der Waals surface area contributed by atoms with Crippen molar-refractivity contribution in [1.29, 1.82) is 0 Å². The van der Waals surface area contributed by atoms with Crippen LogP contribution in [0, 0.1) is 23.2 Å². The van der Waals surface area contributed by atoms with Crippen molar-refractivity contribution in [3.63, 3.8) is 0 Å². The van der Waals surface area contributed by atoms with E-state index in [2.05, 4.69) is 57.8 Å². The Kier molecular flexibility index (Phi) is 17.3. The molecule has 3 unspecified atom stereocenters. The number of hydrogen-bond donors (Lipinski definition) is 3. The number of piperidine rings is 2. The first-order chi connectivity index (χ1) is 40.9. The first-order valence-corrected chi connectivity index (χ1v) is 31.4. The van der Waals surface area contributed by atoms with E-state index in [0.717, 1.165) is 121 Å². The number of anilines is 1. The smallest absolute Gasteiger partial charge is 0.355 e. The fourth-order valence-corrected chi connectivity index (χ4v) is 16.8. The van der Waals surface area contributed by atoms with Gasteiger partial charge in [0, 0.05) is 54.7 Å². The molecule has 4 amide bonds. The van der Waals surface area contributed by atoms with E-state index >= 15 is 0 Å². The number of aliphatic imine (C=N–C) groups is 1. The highest BCUT2D eigenvalue weighted by Gasteiger charge is 2.66. The van der Waals surface area contributed by atoms with E-state index in [0.29, 0.717) is 47.9 Å². The number of nitrogens with two attached hydrogens (primary N) is 1. The Hall–Kier alpha value is -7.16. The average molecular weight is 1180 g/mol. The summed E-state index contributed by atoms with van der Waals surface area (Å²) in [5.41, 5.74) is 5.56. The summed E-state index contributed by atoms with van der Waals surface area (Å²) in [5.74, 6) is 4.43. The maximum atomic E-state index is 13.2. The number of rotatable bonds is 25. The zero-order valence-corrected chi connectivity index (χ0v) is 50.7. The summed E-state index contributed by atoms with van der Waals surface area (Å²) in [6, 6.07) is 15.6. The maximum absolute atomic E-state index is 13.2. The molecule has 12 rings (SSSR count). The molecule has 4 N–H and O–H groups in total. The highest BCUT2D eigenvalue weighted by molar-refractivity contribution is 7.22. The van der Waals surface area contributed by atoms with E-state index in [1.54, 1.807) is 24.4 Å². The molecule has 4 aliphatic carbocycles. The third-order valence-electron chi connectivity index (χ3n) is 18.7. The molecule has 85 heavy (non-hydrogen) atoms. The van der Waals surface area contributed by atoms with Crippen LogP contribution in [0.1, 0.15) is 180 Å². The van der Waals surface area contributed by atoms with E-state index in [4.69, 9.17) is 25.4 Å². The summed E-state index contributed by atoms with van der Waals surface area (Å²) in [6.07, 6.45) is 22.3. The first kappa shape index (κ1) is 59.6. The van der Waals surface area contributed by atoms with Gasteiger partial charge in [-0.2, -0.15) is 10.2 Å². The van der Waals surface area contributed by atoms with Crippen LogP contribution in [0.2, 0.25) is 0 Å². The topological polar surface area (TPSA) is 240 Å². The number of imide groups is 2. The number of likely N-dealkylation sites (N-methyl/N-ethyl adjacent to an activating group) is 1. The van der Waals surface area contributed by atoms with Crippen molar-refractivity contribution < 1.29 is 38.6 Å². The summed E-state index contributed by atoms with van der Waals surface area (Å²) in [4.78, 5) is 82.7. The number of carbonyl (C=O) groups excluding carboxylic acids is 4. The van der Waals surface area contributed by atoms with Gasteiger partial charge in [0.15, 0.2) is 11.5 Å². The SMILES string of the molecule is CC(/C=N\c1nc2ccccc2s1)=C1\CCCN(c2ccc(-c3cnn(CC45CC6(C)CC(C)(C4)CC(OCCN(C)CCCCCCCCCCCOc4ccc7c(c4)C(=O)N(C4CCC(=O)NC4=O)C7=O)(C6)C5)c3C)c(C(=O)O)n2)\C1=N\N. The molecule has 3 atom stereocenters. The van der Waals surface area contributed by atoms with Crippen LogP contribution in [0.15, 0.2) is 82.0 Å². The zero-order valence-electron chi connectivity index (χ0n) is 49.9. The standard InChI is InChI=1S/C65H81N11O8S/c1-42(33-67-61-69-50-19-13-14-20-52(50)85-61)45-18-17-28-74(56(45)72-66)53-25-23-46(55(70-53)60(81)82)49-34-68-75(43(49)2)41-64-36-62(3)35-63(4,37-64)39-65(38-62,40-64)84-31-29-73(5)27-15-11-9-7-6-8-10-12-16-30-83-44-21-22-47-48(32-44)59(80)76(58(47)79)51-24-26-54(77)71-57(51)78/h13-14,19-23,25,32-34,51H,6-12,15-18,24,26-31,35-41,66H2,1-5H3,(H,81,82)(H,71,77,78)/b45-42-,67-33-,72-56+. The number of unbranched alkanes of at least 4 members (excludes halogenated alkanes) is 8. The van der Waals surface area contributed by atoms with Crippen LogP contribution in [-0.4, -0.2) is 128 Å². The second-order valence-corrected chi connectivity index (χ2v) is 27.0. The predicted molar refractivity (Wildman–Crippen MR) is 329 cm³/mol. The van der Waals surface area contributed by atoms with E-state index in [9.17, 15) is 29.1 Å². The Bertz CT molecular complexity index is 3440. The minimum absolute atomic E-state index is 0.00394. The number of para-hydroxylation sites is 1. The second kappa shape index (κ2) is 24.7. The Labute approximate surface area is 501 Å². The molecule has 0 spiro atoms. The number of ether oxygens (including phenoxy) is 2.